The van der Waals surface area contributed by atoms with Crippen molar-refractivity contribution >= 4 is 11.7 Å². The van der Waals surface area contributed by atoms with Crippen LogP contribution in [-0.2, 0) is 4.74 Å². The summed E-state index contributed by atoms with van der Waals surface area (Å²) in [6, 6.07) is 23.6. The molecule has 6 rings (SSSR count). The number of rotatable bonds is 3. The van der Waals surface area contributed by atoms with E-state index in [1.807, 2.05) is 23.1 Å². The monoisotopic (exact) mass is 439 g/mol. The molecule has 3 aromatic carbocycles. The number of nitrogens with zero attached hydrogens (tertiary/aromatic N) is 1. The van der Waals surface area contributed by atoms with E-state index in [0.29, 0.717) is 6.61 Å². The lowest BCUT2D eigenvalue weighted by molar-refractivity contribution is 0.0539. The van der Waals surface area contributed by atoms with Gasteiger partial charge in [0.15, 0.2) is 0 Å². The molecule has 1 saturated heterocycles. The highest BCUT2D eigenvalue weighted by atomic mass is 19.1. The number of fused-ring (bicyclic) bond motifs is 5. The van der Waals surface area contributed by atoms with Gasteiger partial charge in [-0.2, -0.15) is 0 Å². The number of carbonyl (C=O) groups excluding carboxylic acids is 1. The molecule has 3 aromatic rings. The van der Waals surface area contributed by atoms with Crippen molar-refractivity contribution in [1.82, 2.24) is 4.90 Å². The fourth-order valence-corrected chi connectivity index (χ4v) is 5.89. The Bertz CT molecular complexity index is 1200. The molecule has 0 saturated carbocycles. The van der Waals surface area contributed by atoms with E-state index in [0.717, 1.165) is 36.8 Å². The smallest absolute Gasteiger partial charge is 0.410 e. The summed E-state index contributed by atoms with van der Waals surface area (Å²) in [4.78, 5) is 15.2. The number of ether oxygens (including phenoxy) is 1. The molecule has 1 amide bonds. The number of benzene rings is 3. The van der Waals surface area contributed by atoms with E-state index in [1.165, 1.54) is 28.3 Å². The van der Waals surface area contributed by atoms with Gasteiger partial charge in [-0.25, -0.2) is 9.18 Å². The molecule has 2 heterocycles. The van der Waals surface area contributed by atoms with Gasteiger partial charge < -0.3 is 4.74 Å². The maximum Gasteiger partial charge on any atom is 0.410 e. The number of hydrogen-bond donors (Lipinski definition) is 0. The van der Waals surface area contributed by atoms with Crippen LogP contribution in [0.4, 0.5) is 9.18 Å². The largest absolute Gasteiger partial charge is 0.448 e. The molecule has 1 aliphatic carbocycles. The summed E-state index contributed by atoms with van der Waals surface area (Å²) >= 11 is 0. The molecule has 4 heteroatoms. The van der Waals surface area contributed by atoms with E-state index >= 15 is 0 Å². The van der Waals surface area contributed by atoms with Crippen LogP contribution >= 0.6 is 0 Å². The normalized spacial score (nSPS) is 21.2. The zero-order valence-electron chi connectivity index (χ0n) is 18.4. The predicted molar refractivity (Wildman–Crippen MR) is 127 cm³/mol. The third-order valence-electron chi connectivity index (χ3n) is 7.38. The van der Waals surface area contributed by atoms with Crippen molar-refractivity contribution in [3.05, 3.63) is 101 Å². The molecular formula is C29H26FNO2. The highest BCUT2D eigenvalue weighted by Crippen LogP contribution is 2.45. The van der Waals surface area contributed by atoms with Gasteiger partial charge in [0.05, 0.1) is 6.04 Å². The maximum absolute atomic E-state index is 13.8. The van der Waals surface area contributed by atoms with Gasteiger partial charge in [0.1, 0.15) is 12.4 Å². The van der Waals surface area contributed by atoms with Gasteiger partial charge >= 0.3 is 6.09 Å². The number of hydrogen-bond acceptors (Lipinski definition) is 2. The molecule has 3 nitrogen and oxygen atoms in total. The van der Waals surface area contributed by atoms with Gasteiger partial charge in [0.25, 0.3) is 0 Å². The van der Waals surface area contributed by atoms with Crippen LogP contribution in [-0.4, -0.2) is 29.7 Å². The van der Waals surface area contributed by atoms with Crippen LogP contribution in [0.5, 0.6) is 0 Å². The molecule has 0 N–H and O–H groups in total. The summed E-state index contributed by atoms with van der Waals surface area (Å²) in [5, 5.41) is 0. The molecule has 2 unspecified atom stereocenters. The minimum Gasteiger partial charge on any atom is -0.448 e. The van der Waals surface area contributed by atoms with Crippen molar-refractivity contribution in [2.75, 3.05) is 6.61 Å². The first-order valence-corrected chi connectivity index (χ1v) is 11.8. The number of carbonyl (C=O) groups is 1. The van der Waals surface area contributed by atoms with Crippen LogP contribution < -0.4 is 0 Å². The first-order chi connectivity index (χ1) is 16.2. The summed E-state index contributed by atoms with van der Waals surface area (Å²) in [6.45, 7) is 0.337. The Morgan fingerprint density at radius 3 is 2.36 bits per heavy atom. The molecule has 0 radical (unpaired) electrons. The minimum atomic E-state index is -0.235. The Morgan fingerprint density at radius 2 is 1.67 bits per heavy atom. The first-order valence-electron chi connectivity index (χ1n) is 11.8. The summed E-state index contributed by atoms with van der Waals surface area (Å²) in [7, 11) is 0. The predicted octanol–water partition coefficient (Wildman–Crippen LogP) is 6.79. The Kier molecular flexibility index (Phi) is 5.01. The Labute approximate surface area is 193 Å². The van der Waals surface area contributed by atoms with E-state index in [9.17, 15) is 9.18 Å². The van der Waals surface area contributed by atoms with Gasteiger partial charge in [-0.05, 0) is 71.2 Å². The van der Waals surface area contributed by atoms with Crippen molar-refractivity contribution in [2.45, 2.75) is 43.7 Å². The average Bonchev–Trinajstić information content (AvgIpc) is 3.15. The Balaban J connectivity index is 1.22. The van der Waals surface area contributed by atoms with E-state index < -0.39 is 0 Å². The molecule has 166 valence electrons. The fraction of sp³-hybridized carbons (Fsp3) is 0.276. The van der Waals surface area contributed by atoms with Crippen LogP contribution in [0.15, 0.2) is 78.9 Å². The lowest BCUT2D eigenvalue weighted by atomic mass is 9.83. The van der Waals surface area contributed by atoms with E-state index in [2.05, 4.69) is 42.5 Å². The zero-order valence-corrected chi connectivity index (χ0v) is 18.4. The number of piperidine rings is 1. The highest BCUT2D eigenvalue weighted by molar-refractivity contribution is 5.79. The van der Waals surface area contributed by atoms with Crippen molar-refractivity contribution in [2.24, 2.45) is 0 Å². The summed E-state index contributed by atoms with van der Waals surface area (Å²) < 4.78 is 19.7. The molecule has 2 atom stereocenters. The van der Waals surface area contributed by atoms with Crippen LogP contribution in [0.1, 0.15) is 48.3 Å². The fourth-order valence-electron chi connectivity index (χ4n) is 5.89. The molecule has 1 fully saturated rings. The highest BCUT2D eigenvalue weighted by Gasteiger charge is 2.39. The molecule has 0 spiro atoms. The molecule has 3 aliphatic rings. The van der Waals surface area contributed by atoms with Gasteiger partial charge in [0, 0.05) is 12.0 Å². The Hall–Kier alpha value is -3.40. The zero-order chi connectivity index (χ0) is 22.4. The summed E-state index contributed by atoms with van der Waals surface area (Å²) in [5.41, 5.74) is 6.95. The van der Waals surface area contributed by atoms with Crippen LogP contribution in [0.2, 0.25) is 0 Å². The maximum atomic E-state index is 13.8. The third kappa shape index (κ3) is 3.54. The van der Waals surface area contributed by atoms with Gasteiger partial charge in [-0.15, -0.1) is 0 Å². The lowest BCUT2D eigenvalue weighted by Gasteiger charge is -2.44. The molecule has 33 heavy (non-hydrogen) atoms. The van der Waals surface area contributed by atoms with Crippen molar-refractivity contribution < 1.29 is 13.9 Å². The van der Waals surface area contributed by atoms with E-state index in [4.69, 9.17) is 4.74 Å². The number of halogens is 1. The third-order valence-corrected chi connectivity index (χ3v) is 7.38. The van der Waals surface area contributed by atoms with E-state index in [1.54, 1.807) is 12.1 Å². The molecule has 0 aromatic heterocycles. The second-order valence-corrected chi connectivity index (χ2v) is 9.27. The first kappa shape index (κ1) is 20.2. The topological polar surface area (TPSA) is 29.5 Å². The van der Waals surface area contributed by atoms with Crippen molar-refractivity contribution in [1.29, 1.82) is 0 Å². The van der Waals surface area contributed by atoms with E-state index in [-0.39, 0.29) is 29.9 Å². The van der Waals surface area contributed by atoms with Gasteiger partial charge in [-0.3, -0.25) is 4.90 Å². The van der Waals surface area contributed by atoms with Crippen LogP contribution in [0.3, 0.4) is 0 Å². The summed E-state index contributed by atoms with van der Waals surface area (Å²) in [5.74, 6) is -0.165. The van der Waals surface area contributed by atoms with Crippen LogP contribution in [0, 0.1) is 5.82 Å². The summed E-state index contributed by atoms with van der Waals surface area (Å²) in [6.07, 6.45) is 5.61. The molecule has 2 aliphatic heterocycles. The van der Waals surface area contributed by atoms with Crippen molar-refractivity contribution in [3.8, 4) is 11.1 Å². The van der Waals surface area contributed by atoms with Gasteiger partial charge in [-0.1, -0.05) is 66.7 Å². The second-order valence-electron chi connectivity index (χ2n) is 9.27. The van der Waals surface area contributed by atoms with Crippen LogP contribution in [0.25, 0.3) is 16.7 Å². The molecule has 2 bridgehead atoms. The SMILES string of the molecule is O=C(OCC1c2ccccc2-c2ccccc21)N1C2C=C(c3cccc(F)c3)CC1CCC2. The Morgan fingerprint density at radius 1 is 0.939 bits per heavy atom. The minimum absolute atomic E-state index is 0.00594. The standard InChI is InChI=1S/C29H26FNO2/c30-21-8-5-7-19(15-21)20-16-22-9-6-10-23(17-20)31(22)29(32)33-18-28-26-13-3-1-11-24(26)25-12-2-4-14-27(25)28/h1-5,7-8,11-16,22-23,28H,6,9-10,17-18H2. The number of amides is 1. The van der Waals surface area contributed by atoms with Crippen molar-refractivity contribution in [3.63, 3.8) is 0 Å². The molecular weight excluding hydrogens is 413 g/mol. The average molecular weight is 440 g/mol. The lowest BCUT2D eigenvalue weighted by Crippen LogP contribution is -2.51. The van der Waals surface area contributed by atoms with Gasteiger partial charge in [0.2, 0.25) is 0 Å². The quantitative estimate of drug-likeness (QED) is 0.450. The second kappa shape index (κ2) is 8.18.